The monoisotopic (exact) mass is 336 g/mol. The Morgan fingerprint density at radius 2 is 2.12 bits per heavy atom. The molecule has 0 radical (unpaired) electrons. The van der Waals surface area contributed by atoms with Gasteiger partial charge in [-0.1, -0.05) is 0 Å². The molecule has 6 heteroatoms. The number of anilines is 1. The maximum absolute atomic E-state index is 12.2. The number of likely N-dealkylation sites (tertiary alicyclic amines) is 1. The van der Waals surface area contributed by atoms with E-state index in [-0.39, 0.29) is 12.0 Å². The highest BCUT2D eigenvalue weighted by Gasteiger charge is 2.27. The van der Waals surface area contributed by atoms with Gasteiger partial charge in [0.1, 0.15) is 17.1 Å². The Kier molecular flexibility index (Phi) is 5.80. The Balaban J connectivity index is 1.87. The average molecular weight is 336 g/mol. The summed E-state index contributed by atoms with van der Waals surface area (Å²) in [5.41, 5.74) is 5.97. The second-order valence-electron chi connectivity index (χ2n) is 7.15. The van der Waals surface area contributed by atoms with Crippen molar-refractivity contribution in [1.82, 2.24) is 4.90 Å². The van der Waals surface area contributed by atoms with Crippen molar-refractivity contribution in [3.05, 3.63) is 18.2 Å². The number of hydrogen-bond donors (Lipinski definition) is 1. The lowest BCUT2D eigenvalue weighted by Crippen LogP contribution is -2.44. The van der Waals surface area contributed by atoms with Crippen molar-refractivity contribution in [1.29, 1.82) is 0 Å². The summed E-state index contributed by atoms with van der Waals surface area (Å²) in [7, 11) is 1.58. The third-order valence-electron chi connectivity index (χ3n) is 3.86. The summed E-state index contributed by atoms with van der Waals surface area (Å²) in [5.74, 6) is 1.63. The number of piperidine rings is 1. The summed E-state index contributed by atoms with van der Waals surface area (Å²) in [6, 6.07) is 5.38. The Morgan fingerprint density at radius 3 is 2.75 bits per heavy atom. The van der Waals surface area contributed by atoms with Crippen LogP contribution in [0.1, 0.15) is 33.6 Å². The molecule has 1 aliphatic heterocycles. The first-order chi connectivity index (χ1) is 11.3. The van der Waals surface area contributed by atoms with Crippen molar-refractivity contribution >= 4 is 11.8 Å². The summed E-state index contributed by atoms with van der Waals surface area (Å²) in [6.07, 6.45) is 1.74. The molecule has 0 aromatic heterocycles. The van der Waals surface area contributed by atoms with Crippen molar-refractivity contribution in [2.75, 3.05) is 32.5 Å². The van der Waals surface area contributed by atoms with Crippen LogP contribution in [0.3, 0.4) is 0 Å². The third kappa shape index (κ3) is 5.22. The van der Waals surface area contributed by atoms with Crippen LogP contribution in [0.4, 0.5) is 10.5 Å². The topological polar surface area (TPSA) is 74.0 Å². The molecule has 24 heavy (non-hydrogen) atoms. The SMILES string of the molecule is COc1ccc(OCC2CCCN(C(=O)OC(C)(C)C)C2)cc1N. The number of carbonyl (C=O) groups is 1. The van der Waals surface area contributed by atoms with Crippen LogP contribution < -0.4 is 15.2 Å². The molecule has 1 heterocycles. The zero-order valence-electron chi connectivity index (χ0n) is 15.0. The molecule has 1 fully saturated rings. The van der Waals surface area contributed by atoms with Gasteiger partial charge in [0.15, 0.2) is 0 Å². The molecule has 1 aromatic carbocycles. The van der Waals surface area contributed by atoms with Gasteiger partial charge in [-0.2, -0.15) is 0 Å². The molecule has 1 amide bonds. The molecule has 0 saturated carbocycles. The lowest BCUT2D eigenvalue weighted by Gasteiger charge is -2.34. The van der Waals surface area contributed by atoms with E-state index in [1.807, 2.05) is 26.8 Å². The van der Waals surface area contributed by atoms with Crippen molar-refractivity contribution in [2.45, 2.75) is 39.2 Å². The number of hydrogen-bond acceptors (Lipinski definition) is 5. The fraction of sp³-hybridized carbons (Fsp3) is 0.611. The van der Waals surface area contributed by atoms with Crippen LogP contribution in [-0.2, 0) is 4.74 Å². The molecule has 1 aromatic rings. The van der Waals surface area contributed by atoms with Gasteiger partial charge < -0.3 is 24.8 Å². The second-order valence-corrected chi connectivity index (χ2v) is 7.15. The van der Waals surface area contributed by atoms with Gasteiger partial charge in [0.25, 0.3) is 0 Å². The van der Waals surface area contributed by atoms with E-state index in [2.05, 4.69) is 0 Å². The third-order valence-corrected chi connectivity index (χ3v) is 3.86. The van der Waals surface area contributed by atoms with Gasteiger partial charge in [0.2, 0.25) is 0 Å². The molecular weight excluding hydrogens is 308 g/mol. The number of nitrogens with two attached hydrogens (primary N) is 1. The highest BCUT2D eigenvalue weighted by atomic mass is 16.6. The maximum Gasteiger partial charge on any atom is 0.410 e. The molecule has 1 atom stereocenters. The second kappa shape index (κ2) is 7.64. The number of amides is 1. The molecule has 1 aliphatic rings. The fourth-order valence-electron chi connectivity index (χ4n) is 2.71. The molecule has 1 saturated heterocycles. The minimum Gasteiger partial charge on any atom is -0.495 e. The van der Waals surface area contributed by atoms with E-state index in [1.54, 1.807) is 24.1 Å². The summed E-state index contributed by atoms with van der Waals surface area (Å²) in [5, 5.41) is 0. The van der Waals surface area contributed by atoms with Crippen LogP contribution in [0.25, 0.3) is 0 Å². The van der Waals surface area contributed by atoms with E-state index < -0.39 is 5.60 Å². The van der Waals surface area contributed by atoms with Gasteiger partial charge in [0.05, 0.1) is 19.4 Å². The molecule has 1 unspecified atom stereocenters. The summed E-state index contributed by atoms with van der Waals surface area (Å²) < 4.78 is 16.4. The molecular formula is C18H28N2O4. The number of nitrogens with zero attached hydrogens (tertiary/aromatic N) is 1. The zero-order valence-corrected chi connectivity index (χ0v) is 15.0. The normalized spacial score (nSPS) is 18.2. The average Bonchev–Trinajstić information content (AvgIpc) is 2.52. The van der Waals surface area contributed by atoms with E-state index in [9.17, 15) is 4.79 Å². The van der Waals surface area contributed by atoms with Crippen LogP contribution in [0.5, 0.6) is 11.5 Å². The van der Waals surface area contributed by atoms with Crippen LogP contribution >= 0.6 is 0 Å². The number of methoxy groups -OCH3 is 1. The largest absolute Gasteiger partial charge is 0.495 e. The number of rotatable bonds is 4. The quantitative estimate of drug-likeness (QED) is 0.854. The van der Waals surface area contributed by atoms with E-state index in [4.69, 9.17) is 19.9 Å². The van der Waals surface area contributed by atoms with Gasteiger partial charge in [-0.05, 0) is 45.7 Å². The number of benzene rings is 1. The van der Waals surface area contributed by atoms with E-state index in [1.165, 1.54) is 0 Å². The van der Waals surface area contributed by atoms with E-state index in [0.717, 1.165) is 19.4 Å². The molecule has 0 aliphatic carbocycles. The van der Waals surface area contributed by atoms with Gasteiger partial charge in [0, 0.05) is 25.1 Å². The van der Waals surface area contributed by atoms with Crippen LogP contribution in [0, 0.1) is 5.92 Å². The lowest BCUT2D eigenvalue weighted by atomic mass is 9.99. The van der Waals surface area contributed by atoms with Gasteiger partial charge in [-0.25, -0.2) is 4.79 Å². The molecule has 0 spiro atoms. The maximum atomic E-state index is 12.2. The molecule has 2 N–H and O–H groups in total. The number of nitrogen functional groups attached to an aromatic ring is 1. The Morgan fingerprint density at radius 1 is 1.38 bits per heavy atom. The van der Waals surface area contributed by atoms with Crippen LogP contribution in [0.15, 0.2) is 18.2 Å². The predicted octanol–water partition coefficient (Wildman–Crippen LogP) is 3.30. The first kappa shape index (κ1) is 18.2. The Bertz CT molecular complexity index is 569. The summed E-state index contributed by atoms with van der Waals surface area (Å²) in [6.45, 7) is 7.57. The van der Waals surface area contributed by atoms with Gasteiger partial charge >= 0.3 is 6.09 Å². The van der Waals surface area contributed by atoms with Crippen molar-refractivity contribution in [3.8, 4) is 11.5 Å². The van der Waals surface area contributed by atoms with Crippen molar-refractivity contribution < 1.29 is 19.0 Å². The molecule has 134 valence electrons. The minimum absolute atomic E-state index is 0.249. The van der Waals surface area contributed by atoms with Crippen molar-refractivity contribution in [2.24, 2.45) is 5.92 Å². The van der Waals surface area contributed by atoms with E-state index in [0.29, 0.717) is 30.3 Å². The van der Waals surface area contributed by atoms with Crippen LogP contribution in [-0.4, -0.2) is 43.4 Å². The molecule has 2 rings (SSSR count). The smallest absolute Gasteiger partial charge is 0.410 e. The van der Waals surface area contributed by atoms with Gasteiger partial charge in [-0.15, -0.1) is 0 Å². The minimum atomic E-state index is -0.471. The summed E-state index contributed by atoms with van der Waals surface area (Å²) in [4.78, 5) is 14.0. The Hall–Kier alpha value is -2.11. The highest BCUT2D eigenvalue weighted by molar-refractivity contribution is 5.68. The molecule has 0 bridgehead atoms. The van der Waals surface area contributed by atoms with Crippen molar-refractivity contribution in [3.63, 3.8) is 0 Å². The predicted molar refractivity (Wildman–Crippen MR) is 93.4 cm³/mol. The standard InChI is InChI=1S/C18H28N2O4/c1-18(2,3)24-17(21)20-9-5-6-13(11-20)12-23-14-7-8-16(22-4)15(19)10-14/h7-8,10,13H,5-6,9,11-12,19H2,1-4H3. The molecule has 6 nitrogen and oxygen atoms in total. The van der Waals surface area contributed by atoms with E-state index >= 15 is 0 Å². The fourth-order valence-corrected chi connectivity index (χ4v) is 2.71. The number of ether oxygens (including phenoxy) is 3. The Labute approximate surface area is 143 Å². The number of carbonyl (C=O) groups excluding carboxylic acids is 1. The zero-order chi connectivity index (χ0) is 17.7. The first-order valence-corrected chi connectivity index (χ1v) is 8.33. The first-order valence-electron chi connectivity index (χ1n) is 8.33. The summed E-state index contributed by atoms with van der Waals surface area (Å²) >= 11 is 0. The van der Waals surface area contributed by atoms with Crippen LogP contribution in [0.2, 0.25) is 0 Å². The highest BCUT2D eigenvalue weighted by Crippen LogP contribution is 2.27. The lowest BCUT2D eigenvalue weighted by molar-refractivity contribution is 0.0139. The van der Waals surface area contributed by atoms with Gasteiger partial charge in [-0.3, -0.25) is 0 Å².